The zero-order valence-electron chi connectivity index (χ0n) is 15.8. The molecule has 1 aliphatic carbocycles. The van der Waals surface area contributed by atoms with E-state index < -0.39 is 17.6 Å². The van der Waals surface area contributed by atoms with Gasteiger partial charge in [-0.2, -0.15) is 4.39 Å². The lowest BCUT2D eigenvalue weighted by Gasteiger charge is -2.34. The van der Waals surface area contributed by atoms with Gasteiger partial charge in [-0.3, -0.25) is 9.88 Å². The molecule has 27 heavy (non-hydrogen) atoms. The van der Waals surface area contributed by atoms with Crippen molar-refractivity contribution in [3.8, 4) is 16.9 Å². The minimum absolute atomic E-state index is 0.153. The third-order valence-corrected chi connectivity index (χ3v) is 4.58. The predicted molar refractivity (Wildman–Crippen MR) is 99.1 cm³/mol. The van der Waals surface area contributed by atoms with Crippen LogP contribution in [0, 0.1) is 11.4 Å². The summed E-state index contributed by atoms with van der Waals surface area (Å²) in [4.78, 5) is 20.9. The monoisotopic (exact) mass is 373 g/mol. The molecule has 1 amide bonds. The maximum absolute atomic E-state index is 14.1. The summed E-state index contributed by atoms with van der Waals surface area (Å²) in [5.74, 6) is -0.176. The lowest BCUT2D eigenvalue weighted by Crippen LogP contribution is -2.48. The van der Waals surface area contributed by atoms with Crippen molar-refractivity contribution in [1.29, 1.82) is 0 Å². The van der Waals surface area contributed by atoms with E-state index in [-0.39, 0.29) is 12.0 Å². The Labute approximate surface area is 158 Å². The lowest BCUT2D eigenvalue weighted by molar-refractivity contribution is 0.0719. The van der Waals surface area contributed by atoms with Crippen LogP contribution in [0.5, 0.6) is 5.75 Å². The fourth-order valence-electron chi connectivity index (χ4n) is 3.01. The first-order chi connectivity index (χ1) is 12.7. The van der Waals surface area contributed by atoms with E-state index >= 15 is 0 Å². The summed E-state index contributed by atoms with van der Waals surface area (Å²) in [5, 5.41) is 9.64. The maximum Gasteiger partial charge on any atom is 0.407 e. The number of ether oxygens (including phenoxy) is 1. The number of aromatic nitrogens is 2. The molecule has 144 valence electrons. The summed E-state index contributed by atoms with van der Waals surface area (Å²) in [6.07, 6.45) is 5.05. The molecule has 6 nitrogen and oxygen atoms in total. The molecule has 0 radical (unpaired) electrons. The first-order valence-electron chi connectivity index (χ1n) is 8.90. The van der Waals surface area contributed by atoms with E-state index in [9.17, 15) is 14.3 Å². The molecule has 0 bridgehead atoms. The van der Waals surface area contributed by atoms with Crippen LogP contribution in [0.3, 0.4) is 0 Å². The van der Waals surface area contributed by atoms with Gasteiger partial charge >= 0.3 is 6.09 Å². The number of nitrogens with zero attached hydrogens (tertiary/aromatic N) is 3. The summed E-state index contributed by atoms with van der Waals surface area (Å²) in [5.41, 5.74) is 0.301. The SMILES string of the molecule is CC(C)(C)CN(C(=O)O)C1(COc2cnc(F)c(-c3ccncc3)c2)CC1. The van der Waals surface area contributed by atoms with Crippen molar-refractivity contribution >= 4 is 6.09 Å². The fourth-order valence-corrected chi connectivity index (χ4v) is 3.01. The molecular weight excluding hydrogens is 349 g/mol. The Hall–Kier alpha value is -2.70. The molecule has 1 fully saturated rings. The van der Waals surface area contributed by atoms with Crippen LogP contribution in [0.2, 0.25) is 0 Å². The summed E-state index contributed by atoms with van der Waals surface area (Å²) in [6.45, 7) is 6.66. The van der Waals surface area contributed by atoms with Crippen LogP contribution in [0.25, 0.3) is 11.1 Å². The van der Waals surface area contributed by atoms with E-state index in [1.165, 1.54) is 11.1 Å². The van der Waals surface area contributed by atoms with Crippen LogP contribution in [0.4, 0.5) is 9.18 Å². The fraction of sp³-hybridized carbons (Fsp3) is 0.450. The summed E-state index contributed by atoms with van der Waals surface area (Å²) in [7, 11) is 0. The van der Waals surface area contributed by atoms with Gasteiger partial charge in [-0.15, -0.1) is 0 Å². The van der Waals surface area contributed by atoms with Crippen LogP contribution >= 0.6 is 0 Å². The van der Waals surface area contributed by atoms with Gasteiger partial charge in [0.25, 0.3) is 0 Å². The number of pyridine rings is 2. The van der Waals surface area contributed by atoms with Crippen molar-refractivity contribution < 1.29 is 19.0 Å². The Balaban J connectivity index is 1.76. The van der Waals surface area contributed by atoms with Crippen molar-refractivity contribution in [1.82, 2.24) is 14.9 Å². The first kappa shape index (κ1) is 19.1. The number of rotatable bonds is 6. The predicted octanol–water partition coefficient (Wildman–Crippen LogP) is 4.22. The average Bonchev–Trinajstić information content (AvgIpc) is 3.40. The van der Waals surface area contributed by atoms with Gasteiger partial charge in [-0.05, 0) is 42.0 Å². The molecule has 0 aliphatic heterocycles. The maximum atomic E-state index is 14.1. The van der Waals surface area contributed by atoms with Gasteiger partial charge in [0.15, 0.2) is 0 Å². The highest BCUT2D eigenvalue weighted by Gasteiger charge is 2.52. The second-order valence-corrected chi connectivity index (χ2v) is 8.19. The molecule has 0 saturated heterocycles. The minimum atomic E-state index is -0.944. The molecule has 0 aromatic carbocycles. The number of hydrogen-bond acceptors (Lipinski definition) is 4. The number of amides is 1. The van der Waals surface area contributed by atoms with Crippen LogP contribution in [0.1, 0.15) is 33.6 Å². The molecule has 3 rings (SSSR count). The van der Waals surface area contributed by atoms with Crippen molar-refractivity contribution in [2.75, 3.05) is 13.2 Å². The minimum Gasteiger partial charge on any atom is -0.489 e. The van der Waals surface area contributed by atoms with E-state index in [1.54, 1.807) is 30.6 Å². The van der Waals surface area contributed by atoms with Gasteiger partial charge in [-0.1, -0.05) is 20.8 Å². The van der Waals surface area contributed by atoms with Gasteiger partial charge in [0.05, 0.1) is 11.7 Å². The molecule has 0 spiro atoms. The van der Waals surface area contributed by atoms with E-state index in [4.69, 9.17) is 4.74 Å². The second-order valence-electron chi connectivity index (χ2n) is 8.19. The molecular formula is C20H24FN3O3. The molecule has 1 aliphatic rings. The van der Waals surface area contributed by atoms with Gasteiger partial charge in [-0.25, -0.2) is 9.78 Å². The third kappa shape index (κ3) is 4.53. The van der Waals surface area contributed by atoms with E-state index in [0.29, 0.717) is 23.4 Å². The van der Waals surface area contributed by atoms with Crippen LogP contribution < -0.4 is 4.74 Å². The molecule has 0 unspecified atom stereocenters. The first-order valence-corrected chi connectivity index (χ1v) is 8.90. The van der Waals surface area contributed by atoms with Gasteiger partial charge < -0.3 is 9.84 Å². The van der Waals surface area contributed by atoms with Crippen molar-refractivity contribution in [2.24, 2.45) is 5.41 Å². The molecule has 2 aromatic rings. The standard InChI is InChI=1S/C20H24FN3O3/c1-19(2,3)12-24(18(25)26)20(6-7-20)13-27-15-10-16(17(21)23-11-15)14-4-8-22-9-5-14/h4-5,8-11H,6-7,12-13H2,1-3H3,(H,25,26). The van der Waals surface area contributed by atoms with Gasteiger partial charge in [0.1, 0.15) is 12.4 Å². The normalized spacial score (nSPS) is 15.3. The highest BCUT2D eigenvalue weighted by atomic mass is 19.1. The number of carboxylic acid groups (broad SMARTS) is 1. The van der Waals surface area contributed by atoms with Crippen LogP contribution in [-0.2, 0) is 0 Å². The van der Waals surface area contributed by atoms with Crippen molar-refractivity contribution in [2.45, 2.75) is 39.2 Å². The topological polar surface area (TPSA) is 75.6 Å². The molecule has 1 N–H and O–H groups in total. The Morgan fingerprint density at radius 1 is 1.33 bits per heavy atom. The van der Waals surface area contributed by atoms with E-state index in [0.717, 1.165) is 12.8 Å². The van der Waals surface area contributed by atoms with Gasteiger partial charge in [0.2, 0.25) is 5.95 Å². The van der Waals surface area contributed by atoms with Crippen molar-refractivity contribution in [3.63, 3.8) is 0 Å². The van der Waals surface area contributed by atoms with Crippen molar-refractivity contribution in [3.05, 3.63) is 42.7 Å². The summed E-state index contributed by atoms with van der Waals surface area (Å²) >= 11 is 0. The summed E-state index contributed by atoms with van der Waals surface area (Å²) < 4.78 is 19.9. The lowest BCUT2D eigenvalue weighted by atomic mass is 9.95. The molecule has 7 heteroatoms. The van der Waals surface area contributed by atoms with E-state index in [2.05, 4.69) is 9.97 Å². The number of carbonyl (C=O) groups is 1. The van der Waals surface area contributed by atoms with Crippen LogP contribution in [-0.4, -0.2) is 44.8 Å². The zero-order valence-corrected chi connectivity index (χ0v) is 15.8. The third-order valence-electron chi connectivity index (χ3n) is 4.58. The second kappa shape index (κ2) is 7.13. The number of halogens is 1. The Kier molecular flexibility index (Phi) is 5.04. The highest BCUT2D eigenvalue weighted by Crippen LogP contribution is 2.43. The average molecular weight is 373 g/mol. The Morgan fingerprint density at radius 3 is 2.56 bits per heavy atom. The quantitative estimate of drug-likeness (QED) is 0.767. The van der Waals surface area contributed by atoms with Gasteiger partial charge in [0, 0.05) is 24.5 Å². The Bertz CT molecular complexity index is 817. The largest absolute Gasteiger partial charge is 0.489 e. The van der Waals surface area contributed by atoms with Crippen LogP contribution in [0.15, 0.2) is 36.8 Å². The van der Waals surface area contributed by atoms with E-state index in [1.807, 2.05) is 20.8 Å². The molecule has 1 saturated carbocycles. The zero-order chi connectivity index (χ0) is 19.7. The smallest absolute Gasteiger partial charge is 0.407 e. The summed E-state index contributed by atoms with van der Waals surface area (Å²) in [6, 6.07) is 4.98. The molecule has 2 heterocycles. The number of hydrogen-bond donors (Lipinski definition) is 1. The highest BCUT2D eigenvalue weighted by molar-refractivity contribution is 5.67. The Morgan fingerprint density at radius 2 is 2.00 bits per heavy atom. The molecule has 2 aromatic heterocycles. The molecule has 0 atom stereocenters.